The Morgan fingerprint density at radius 1 is 1.38 bits per heavy atom. The molecule has 0 aliphatic carbocycles. The number of nitrogens with zero attached hydrogens (tertiary/aromatic N) is 1. The molecule has 8 heteroatoms. The maximum atomic E-state index is 11.7. The van der Waals surface area contributed by atoms with Gasteiger partial charge in [0.25, 0.3) is 0 Å². The van der Waals surface area contributed by atoms with Crippen LogP contribution < -0.4 is 10.6 Å². The molecule has 0 aliphatic rings. The van der Waals surface area contributed by atoms with Gasteiger partial charge in [0.2, 0.25) is 0 Å². The number of hydrogen-bond acceptors (Lipinski definition) is 5. The van der Waals surface area contributed by atoms with Crippen molar-refractivity contribution in [2.75, 3.05) is 6.54 Å². The van der Waals surface area contributed by atoms with E-state index in [-0.39, 0.29) is 12.6 Å². The van der Waals surface area contributed by atoms with Gasteiger partial charge in [-0.15, -0.1) is 22.7 Å². The van der Waals surface area contributed by atoms with E-state index in [1.54, 1.807) is 23.5 Å². The smallest absolute Gasteiger partial charge is 0.315 e. The highest BCUT2D eigenvalue weighted by Crippen LogP contribution is 2.26. The van der Waals surface area contributed by atoms with E-state index < -0.39 is 6.10 Å². The number of halogens is 1. The zero-order chi connectivity index (χ0) is 15.4. The maximum absolute atomic E-state index is 11.7. The molecule has 2 aromatic rings. The number of amides is 2. The molecule has 2 aromatic heterocycles. The second kappa shape index (κ2) is 7.22. The van der Waals surface area contributed by atoms with E-state index >= 15 is 0 Å². The van der Waals surface area contributed by atoms with Gasteiger partial charge in [-0.1, -0.05) is 11.6 Å². The Morgan fingerprint density at radius 3 is 2.71 bits per heavy atom. The lowest BCUT2D eigenvalue weighted by Crippen LogP contribution is -2.37. The molecular formula is C13H16ClN3O2S2. The van der Waals surface area contributed by atoms with Crippen molar-refractivity contribution in [2.45, 2.75) is 26.5 Å². The van der Waals surface area contributed by atoms with Gasteiger partial charge in [0.15, 0.2) is 0 Å². The highest BCUT2D eigenvalue weighted by atomic mass is 35.5. The Balaban J connectivity index is 1.76. The molecule has 2 heterocycles. The number of urea groups is 1. The topological polar surface area (TPSA) is 74.2 Å². The van der Waals surface area contributed by atoms with Crippen LogP contribution in [-0.4, -0.2) is 22.7 Å². The normalized spacial score (nSPS) is 12.2. The molecule has 0 aliphatic heterocycles. The van der Waals surface area contributed by atoms with Crippen molar-refractivity contribution in [1.29, 1.82) is 0 Å². The summed E-state index contributed by atoms with van der Waals surface area (Å²) in [6.45, 7) is 4.42. The van der Waals surface area contributed by atoms with Gasteiger partial charge in [-0.2, -0.15) is 0 Å². The number of aliphatic hydroxyl groups is 1. The van der Waals surface area contributed by atoms with Gasteiger partial charge in [0.05, 0.1) is 28.1 Å². The second-order valence-corrected chi connectivity index (χ2v) is 7.61. The highest BCUT2D eigenvalue weighted by Gasteiger charge is 2.12. The third kappa shape index (κ3) is 4.67. The molecule has 0 fully saturated rings. The SMILES string of the molecule is Cc1nc(CNC(=O)NCC(O)c2ccc(Cl)s2)c(C)s1. The minimum atomic E-state index is -0.753. The number of thiophene rings is 1. The molecule has 5 nitrogen and oxygen atoms in total. The predicted molar refractivity (Wildman–Crippen MR) is 86.1 cm³/mol. The molecule has 0 radical (unpaired) electrons. The summed E-state index contributed by atoms with van der Waals surface area (Å²) in [5, 5.41) is 16.2. The van der Waals surface area contributed by atoms with Crippen LogP contribution >= 0.6 is 34.3 Å². The molecule has 3 N–H and O–H groups in total. The lowest BCUT2D eigenvalue weighted by Gasteiger charge is -2.11. The van der Waals surface area contributed by atoms with Crippen molar-refractivity contribution < 1.29 is 9.90 Å². The Morgan fingerprint density at radius 2 is 2.14 bits per heavy atom. The molecule has 2 amide bonds. The van der Waals surface area contributed by atoms with Gasteiger partial charge < -0.3 is 15.7 Å². The van der Waals surface area contributed by atoms with Crippen LogP contribution in [0.5, 0.6) is 0 Å². The lowest BCUT2D eigenvalue weighted by atomic mass is 10.3. The highest BCUT2D eigenvalue weighted by molar-refractivity contribution is 7.16. The van der Waals surface area contributed by atoms with Crippen molar-refractivity contribution in [1.82, 2.24) is 15.6 Å². The molecule has 1 atom stereocenters. The fraction of sp³-hybridized carbons (Fsp3) is 0.385. The fourth-order valence-electron chi connectivity index (χ4n) is 1.76. The number of nitrogens with one attached hydrogen (secondary N) is 2. The first-order chi connectivity index (χ1) is 9.95. The fourth-order valence-corrected chi connectivity index (χ4v) is 3.64. The van der Waals surface area contributed by atoms with E-state index in [9.17, 15) is 9.90 Å². The standard InChI is InChI=1S/C13H16ClN3O2S2/c1-7-9(17-8(2)20-7)5-15-13(19)16-6-10(18)11-3-4-12(14)21-11/h3-4,10,18H,5-6H2,1-2H3,(H2,15,16,19). The minimum Gasteiger partial charge on any atom is -0.386 e. The largest absolute Gasteiger partial charge is 0.386 e. The maximum Gasteiger partial charge on any atom is 0.315 e. The molecule has 0 saturated heterocycles. The summed E-state index contributed by atoms with van der Waals surface area (Å²) in [7, 11) is 0. The summed E-state index contributed by atoms with van der Waals surface area (Å²) in [6, 6.07) is 3.14. The van der Waals surface area contributed by atoms with Crippen molar-refractivity contribution in [3.63, 3.8) is 0 Å². The van der Waals surface area contributed by atoms with E-state index in [0.717, 1.165) is 20.5 Å². The van der Waals surface area contributed by atoms with Gasteiger partial charge >= 0.3 is 6.03 Å². The van der Waals surface area contributed by atoms with Crippen LogP contribution in [0.3, 0.4) is 0 Å². The third-order valence-electron chi connectivity index (χ3n) is 2.79. The summed E-state index contributed by atoms with van der Waals surface area (Å²) >= 11 is 8.71. The average Bonchev–Trinajstić information content (AvgIpc) is 2.99. The van der Waals surface area contributed by atoms with E-state index in [1.165, 1.54) is 11.3 Å². The van der Waals surface area contributed by atoms with Crippen LogP contribution in [0.15, 0.2) is 12.1 Å². The number of carbonyl (C=O) groups excluding carboxylic acids is 1. The lowest BCUT2D eigenvalue weighted by molar-refractivity contribution is 0.176. The molecule has 21 heavy (non-hydrogen) atoms. The zero-order valence-electron chi connectivity index (χ0n) is 11.6. The Labute approximate surface area is 136 Å². The molecule has 0 aromatic carbocycles. The Bertz CT molecular complexity index is 627. The van der Waals surface area contributed by atoms with Gasteiger partial charge in [-0.05, 0) is 26.0 Å². The Kier molecular flexibility index (Phi) is 5.58. The molecule has 2 rings (SSSR count). The zero-order valence-corrected chi connectivity index (χ0v) is 14.0. The molecular weight excluding hydrogens is 330 g/mol. The number of carbonyl (C=O) groups is 1. The monoisotopic (exact) mass is 345 g/mol. The molecule has 1 unspecified atom stereocenters. The molecule has 0 saturated carbocycles. The second-order valence-electron chi connectivity index (χ2n) is 4.46. The van der Waals surface area contributed by atoms with Crippen molar-refractivity contribution in [2.24, 2.45) is 0 Å². The number of hydrogen-bond donors (Lipinski definition) is 3. The predicted octanol–water partition coefficient (Wildman–Crippen LogP) is 3.01. The number of aliphatic hydroxyl groups excluding tert-OH is 1. The van der Waals surface area contributed by atoms with Crippen LogP contribution in [-0.2, 0) is 6.54 Å². The number of rotatable bonds is 5. The van der Waals surface area contributed by atoms with Gasteiger partial charge in [0, 0.05) is 9.75 Å². The number of aromatic nitrogens is 1. The summed E-state index contributed by atoms with van der Waals surface area (Å²) in [5.41, 5.74) is 0.873. The summed E-state index contributed by atoms with van der Waals surface area (Å²) < 4.78 is 0.614. The molecule has 0 spiro atoms. The van der Waals surface area contributed by atoms with Gasteiger partial charge in [0.1, 0.15) is 6.10 Å². The van der Waals surface area contributed by atoms with E-state index in [0.29, 0.717) is 10.9 Å². The number of thiazole rings is 1. The van der Waals surface area contributed by atoms with Crippen LogP contribution in [0.2, 0.25) is 4.34 Å². The van der Waals surface area contributed by atoms with Crippen LogP contribution in [0.1, 0.15) is 26.6 Å². The summed E-state index contributed by atoms with van der Waals surface area (Å²) in [5.74, 6) is 0. The molecule has 114 valence electrons. The first-order valence-electron chi connectivity index (χ1n) is 6.33. The molecule has 0 bridgehead atoms. The quantitative estimate of drug-likeness (QED) is 0.779. The van der Waals surface area contributed by atoms with Gasteiger partial charge in [-0.3, -0.25) is 0 Å². The first-order valence-corrected chi connectivity index (χ1v) is 8.34. The van der Waals surface area contributed by atoms with Crippen LogP contribution in [0.25, 0.3) is 0 Å². The van der Waals surface area contributed by atoms with Crippen LogP contribution in [0, 0.1) is 13.8 Å². The van der Waals surface area contributed by atoms with Crippen molar-refractivity contribution in [3.05, 3.63) is 36.9 Å². The van der Waals surface area contributed by atoms with E-state index in [4.69, 9.17) is 11.6 Å². The third-order valence-corrected chi connectivity index (χ3v) is 5.06. The minimum absolute atomic E-state index is 0.137. The first kappa shape index (κ1) is 16.2. The van der Waals surface area contributed by atoms with E-state index in [1.807, 2.05) is 13.8 Å². The van der Waals surface area contributed by atoms with Crippen molar-refractivity contribution in [3.8, 4) is 0 Å². The number of aryl methyl sites for hydroxylation is 2. The summed E-state index contributed by atoms with van der Waals surface area (Å²) in [6.07, 6.45) is -0.753. The Hall–Kier alpha value is -1.15. The summed E-state index contributed by atoms with van der Waals surface area (Å²) in [4.78, 5) is 17.9. The van der Waals surface area contributed by atoms with E-state index in [2.05, 4.69) is 15.6 Å². The van der Waals surface area contributed by atoms with Crippen LogP contribution in [0.4, 0.5) is 4.79 Å². The van der Waals surface area contributed by atoms with Gasteiger partial charge in [-0.25, -0.2) is 9.78 Å². The van der Waals surface area contributed by atoms with Crippen molar-refractivity contribution >= 4 is 40.3 Å². The average molecular weight is 346 g/mol.